The van der Waals surface area contributed by atoms with Gasteiger partial charge in [0.25, 0.3) is 0 Å². The summed E-state index contributed by atoms with van der Waals surface area (Å²) in [5.74, 6) is 0. The lowest BCUT2D eigenvalue weighted by Crippen LogP contribution is -2.15. The summed E-state index contributed by atoms with van der Waals surface area (Å²) in [4.78, 5) is 0. The van der Waals surface area contributed by atoms with Crippen LogP contribution in [0.1, 0.15) is 25.0 Å². The molecule has 0 heterocycles. The zero-order chi connectivity index (χ0) is 32.7. The van der Waals surface area contributed by atoms with Gasteiger partial charge in [-0.15, -0.1) is 0 Å². The molecule has 0 fully saturated rings. The van der Waals surface area contributed by atoms with Crippen molar-refractivity contribution in [2.24, 2.45) is 0 Å². The van der Waals surface area contributed by atoms with Crippen molar-refractivity contribution in [1.82, 2.24) is 0 Å². The Bertz CT molecular complexity index is 2720. The van der Waals surface area contributed by atoms with Gasteiger partial charge in [-0.2, -0.15) is 0 Å². The summed E-state index contributed by atoms with van der Waals surface area (Å²) in [5, 5.41) is 10.3. The normalized spacial score (nSPS) is 13.3. The van der Waals surface area contributed by atoms with Gasteiger partial charge in [-0.1, -0.05) is 178 Å². The summed E-state index contributed by atoms with van der Waals surface area (Å²) in [6.07, 6.45) is 0. The molecule has 49 heavy (non-hydrogen) atoms. The van der Waals surface area contributed by atoms with Gasteiger partial charge in [-0.25, -0.2) is 0 Å². The molecule has 0 saturated heterocycles. The summed E-state index contributed by atoms with van der Waals surface area (Å²) >= 11 is 0. The van der Waals surface area contributed by atoms with E-state index in [-0.39, 0.29) is 5.41 Å². The molecule has 0 heteroatoms. The zero-order valence-electron chi connectivity index (χ0n) is 27.7. The number of benzene rings is 9. The average molecular weight is 623 g/mol. The Kier molecular flexibility index (Phi) is 6.02. The largest absolute Gasteiger partial charge is 0.0619 e. The van der Waals surface area contributed by atoms with Crippen molar-refractivity contribution >= 4 is 43.1 Å². The molecule has 1 aliphatic carbocycles. The number of rotatable bonds is 3. The van der Waals surface area contributed by atoms with Gasteiger partial charge in [0.1, 0.15) is 0 Å². The third-order valence-electron chi connectivity index (χ3n) is 11.1. The van der Waals surface area contributed by atoms with Crippen LogP contribution in [0.3, 0.4) is 0 Å². The Hall–Kier alpha value is -5.98. The van der Waals surface area contributed by atoms with E-state index < -0.39 is 0 Å². The standard InChI is InChI=1S/C49H34/c1-49(2)44-25-12-11-23-42(44)48-37-18-6-5-17-35(37)43(30-45(48)49)32-26-28-33(29-27-32)46-38-19-7-9-21-40(38)47(41-22-10-8-20-39(41)46)36-24-13-15-31-14-3-4-16-34(31)36/h3-30H,1-2H3. The molecule has 0 aromatic heterocycles. The van der Waals surface area contributed by atoms with Crippen molar-refractivity contribution in [3.05, 3.63) is 181 Å². The van der Waals surface area contributed by atoms with Gasteiger partial charge in [0, 0.05) is 5.41 Å². The van der Waals surface area contributed by atoms with Crippen molar-refractivity contribution in [3.63, 3.8) is 0 Å². The first-order valence-electron chi connectivity index (χ1n) is 17.3. The molecule has 10 rings (SSSR count). The predicted molar refractivity (Wildman–Crippen MR) is 210 cm³/mol. The molecule has 0 aliphatic heterocycles. The van der Waals surface area contributed by atoms with Crippen LogP contribution in [-0.2, 0) is 5.41 Å². The Morgan fingerprint density at radius 2 is 0.776 bits per heavy atom. The Labute approximate surface area is 286 Å². The fourth-order valence-electron chi connectivity index (χ4n) is 8.78. The zero-order valence-corrected chi connectivity index (χ0v) is 27.7. The smallest absolute Gasteiger partial charge is 0.0159 e. The molecular weight excluding hydrogens is 589 g/mol. The summed E-state index contributed by atoms with van der Waals surface area (Å²) in [7, 11) is 0. The average Bonchev–Trinajstić information content (AvgIpc) is 3.39. The van der Waals surface area contributed by atoms with E-state index in [1.165, 1.54) is 98.7 Å². The highest BCUT2D eigenvalue weighted by molar-refractivity contribution is 6.23. The van der Waals surface area contributed by atoms with E-state index in [2.05, 4.69) is 184 Å². The third kappa shape index (κ3) is 4.04. The molecule has 230 valence electrons. The number of hydrogen-bond acceptors (Lipinski definition) is 0. The summed E-state index contributed by atoms with van der Waals surface area (Å²) < 4.78 is 0. The first-order chi connectivity index (χ1) is 24.1. The van der Waals surface area contributed by atoms with Crippen LogP contribution in [0.25, 0.3) is 87.6 Å². The highest BCUT2D eigenvalue weighted by Gasteiger charge is 2.36. The molecule has 0 amide bonds. The van der Waals surface area contributed by atoms with Crippen molar-refractivity contribution < 1.29 is 0 Å². The Balaban J connectivity index is 1.19. The molecule has 0 nitrogen and oxygen atoms in total. The van der Waals surface area contributed by atoms with Gasteiger partial charge in [0.05, 0.1) is 0 Å². The quantitative estimate of drug-likeness (QED) is 0.172. The molecule has 0 N–H and O–H groups in total. The first-order valence-corrected chi connectivity index (χ1v) is 17.3. The lowest BCUT2D eigenvalue weighted by atomic mass is 9.80. The van der Waals surface area contributed by atoms with Gasteiger partial charge in [0.15, 0.2) is 0 Å². The van der Waals surface area contributed by atoms with E-state index in [1.54, 1.807) is 0 Å². The van der Waals surface area contributed by atoms with Gasteiger partial charge in [-0.05, 0) is 105 Å². The van der Waals surface area contributed by atoms with E-state index in [0.29, 0.717) is 0 Å². The Morgan fingerprint density at radius 3 is 1.45 bits per heavy atom. The maximum atomic E-state index is 2.47. The molecule has 9 aromatic carbocycles. The summed E-state index contributed by atoms with van der Waals surface area (Å²) in [5.41, 5.74) is 13.2. The van der Waals surface area contributed by atoms with Crippen LogP contribution in [0, 0.1) is 0 Å². The molecule has 0 saturated carbocycles. The van der Waals surface area contributed by atoms with Crippen LogP contribution < -0.4 is 0 Å². The third-order valence-corrected chi connectivity index (χ3v) is 11.1. The Morgan fingerprint density at radius 1 is 0.306 bits per heavy atom. The minimum Gasteiger partial charge on any atom is -0.0619 e. The van der Waals surface area contributed by atoms with Crippen molar-refractivity contribution in [3.8, 4) is 44.5 Å². The fourth-order valence-corrected chi connectivity index (χ4v) is 8.78. The van der Waals surface area contributed by atoms with Crippen LogP contribution in [0.4, 0.5) is 0 Å². The first kappa shape index (κ1) is 28.1. The fraction of sp³-hybridized carbons (Fsp3) is 0.0612. The molecule has 0 unspecified atom stereocenters. The molecule has 0 bridgehead atoms. The van der Waals surface area contributed by atoms with Gasteiger partial charge >= 0.3 is 0 Å². The topological polar surface area (TPSA) is 0 Å². The van der Waals surface area contributed by atoms with Crippen LogP contribution in [0.5, 0.6) is 0 Å². The molecular formula is C49H34. The molecule has 0 spiro atoms. The van der Waals surface area contributed by atoms with E-state index >= 15 is 0 Å². The highest BCUT2D eigenvalue weighted by atomic mass is 14.4. The number of hydrogen-bond donors (Lipinski definition) is 0. The van der Waals surface area contributed by atoms with Crippen LogP contribution in [0.15, 0.2) is 170 Å². The molecule has 1 aliphatic rings. The molecule has 0 radical (unpaired) electrons. The SMILES string of the molecule is CC1(C)c2ccccc2-c2c1cc(-c1ccc(-c3c4ccccc4c(-c4cccc5ccccc45)c4ccccc34)cc1)c1ccccc21. The van der Waals surface area contributed by atoms with Crippen molar-refractivity contribution in [2.75, 3.05) is 0 Å². The maximum absolute atomic E-state index is 2.47. The van der Waals surface area contributed by atoms with Gasteiger partial charge in [0.2, 0.25) is 0 Å². The maximum Gasteiger partial charge on any atom is 0.0159 e. The lowest BCUT2D eigenvalue weighted by molar-refractivity contribution is 0.661. The summed E-state index contributed by atoms with van der Waals surface area (Å²) in [6, 6.07) is 63.0. The minimum atomic E-state index is -0.0612. The van der Waals surface area contributed by atoms with Crippen LogP contribution >= 0.6 is 0 Å². The van der Waals surface area contributed by atoms with E-state index in [1.807, 2.05) is 0 Å². The monoisotopic (exact) mass is 622 g/mol. The second-order valence-corrected chi connectivity index (χ2v) is 14.0. The van der Waals surface area contributed by atoms with Gasteiger partial charge in [-0.3, -0.25) is 0 Å². The predicted octanol–water partition coefficient (Wildman–Crippen LogP) is 13.6. The van der Waals surface area contributed by atoms with Crippen molar-refractivity contribution in [2.45, 2.75) is 19.3 Å². The second kappa shape index (κ2) is 10.5. The van der Waals surface area contributed by atoms with E-state index in [9.17, 15) is 0 Å². The number of fused-ring (bicyclic) bond motifs is 8. The molecule has 0 atom stereocenters. The summed E-state index contributed by atoms with van der Waals surface area (Å²) in [6.45, 7) is 4.74. The van der Waals surface area contributed by atoms with E-state index in [4.69, 9.17) is 0 Å². The van der Waals surface area contributed by atoms with E-state index in [0.717, 1.165) is 0 Å². The lowest BCUT2D eigenvalue weighted by Gasteiger charge is -2.23. The van der Waals surface area contributed by atoms with Crippen LogP contribution in [0.2, 0.25) is 0 Å². The second-order valence-electron chi connectivity index (χ2n) is 14.0. The van der Waals surface area contributed by atoms with Crippen molar-refractivity contribution in [1.29, 1.82) is 0 Å². The van der Waals surface area contributed by atoms with Gasteiger partial charge < -0.3 is 0 Å². The highest BCUT2D eigenvalue weighted by Crippen LogP contribution is 2.53. The van der Waals surface area contributed by atoms with Crippen LogP contribution in [-0.4, -0.2) is 0 Å². The molecule has 9 aromatic rings. The minimum absolute atomic E-state index is 0.0612.